The minimum Gasteiger partial charge on any atom is -0.494 e. The maximum absolute atomic E-state index is 13.5. The Morgan fingerprint density at radius 3 is 2.47 bits per heavy atom. The van der Waals surface area contributed by atoms with E-state index in [2.05, 4.69) is 26.0 Å². The zero-order chi connectivity index (χ0) is 14.0. The van der Waals surface area contributed by atoms with Crippen LogP contribution in [0.25, 0.3) is 0 Å². The first kappa shape index (κ1) is 13.7. The molecule has 0 aliphatic carbocycles. The molecule has 0 atom stereocenters. The molecule has 0 unspecified atom stereocenters. The van der Waals surface area contributed by atoms with Crippen LogP contribution in [0.3, 0.4) is 0 Å². The SMILES string of the molecule is COc1cc(Sc2ccc(C)c(C)c2)c(N)cc1F. The van der Waals surface area contributed by atoms with Crippen molar-refractivity contribution in [1.82, 2.24) is 0 Å². The number of anilines is 1. The Bertz CT molecular complexity index is 613. The number of benzene rings is 2. The standard InChI is InChI=1S/C15H16FNOS/c1-9-4-5-11(6-10(9)2)19-15-8-14(18-3)12(16)7-13(15)17/h4-8H,17H2,1-3H3. The number of halogens is 1. The molecule has 2 aromatic rings. The summed E-state index contributed by atoms with van der Waals surface area (Å²) in [7, 11) is 1.44. The molecular weight excluding hydrogens is 261 g/mol. The maximum Gasteiger partial charge on any atom is 0.167 e. The zero-order valence-electron chi connectivity index (χ0n) is 11.2. The summed E-state index contributed by atoms with van der Waals surface area (Å²) < 4.78 is 18.4. The fraction of sp³-hybridized carbons (Fsp3) is 0.200. The highest BCUT2D eigenvalue weighted by Crippen LogP contribution is 2.36. The van der Waals surface area contributed by atoms with E-state index in [0.29, 0.717) is 5.69 Å². The predicted octanol–water partition coefficient (Wildman–Crippen LogP) is 4.18. The monoisotopic (exact) mass is 277 g/mol. The first-order valence-electron chi connectivity index (χ1n) is 5.89. The Morgan fingerprint density at radius 1 is 1.11 bits per heavy atom. The molecule has 100 valence electrons. The molecule has 0 aromatic heterocycles. The molecule has 4 heteroatoms. The molecule has 2 rings (SSSR count). The van der Waals surface area contributed by atoms with E-state index in [1.54, 1.807) is 6.07 Å². The van der Waals surface area contributed by atoms with Crippen LogP contribution in [-0.4, -0.2) is 7.11 Å². The lowest BCUT2D eigenvalue weighted by molar-refractivity contribution is 0.385. The highest BCUT2D eigenvalue weighted by Gasteiger charge is 2.10. The third kappa shape index (κ3) is 3.01. The lowest BCUT2D eigenvalue weighted by Gasteiger charge is -2.10. The summed E-state index contributed by atoms with van der Waals surface area (Å²) in [6, 6.07) is 9.11. The Balaban J connectivity index is 2.34. The van der Waals surface area contributed by atoms with E-state index in [9.17, 15) is 4.39 Å². The van der Waals surface area contributed by atoms with Crippen molar-refractivity contribution < 1.29 is 9.13 Å². The van der Waals surface area contributed by atoms with Crippen molar-refractivity contribution in [2.45, 2.75) is 23.6 Å². The summed E-state index contributed by atoms with van der Waals surface area (Å²) >= 11 is 1.50. The van der Waals surface area contributed by atoms with Crippen LogP contribution in [0.5, 0.6) is 5.75 Å². The van der Waals surface area contributed by atoms with Crippen LogP contribution in [0.15, 0.2) is 40.1 Å². The molecule has 0 saturated carbocycles. The average Bonchev–Trinajstić information content (AvgIpc) is 2.37. The molecule has 0 aliphatic rings. The summed E-state index contributed by atoms with van der Waals surface area (Å²) in [6.07, 6.45) is 0. The largest absolute Gasteiger partial charge is 0.494 e. The number of ether oxygens (including phenoxy) is 1. The van der Waals surface area contributed by atoms with Gasteiger partial charge in [0.1, 0.15) is 0 Å². The second-order valence-electron chi connectivity index (χ2n) is 4.37. The molecule has 0 spiro atoms. The Morgan fingerprint density at radius 2 is 1.84 bits per heavy atom. The third-order valence-electron chi connectivity index (χ3n) is 2.99. The van der Waals surface area contributed by atoms with Crippen LogP contribution in [0.2, 0.25) is 0 Å². The van der Waals surface area contributed by atoms with Crippen LogP contribution < -0.4 is 10.5 Å². The average molecular weight is 277 g/mol. The van der Waals surface area contributed by atoms with E-state index in [4.69, 9.17) is 10.5 Å². The number of nitrogen functional groups attached to an aromatic ring is 1. The van der Waals surface area contributed by atoms with Crippen molar-refractivity contribution in [3.8, 4) is 5.75 Å². The fourth-order valence-electron chi connectivity index (χ4n) is 1.70. The molecule has 0 amide bonds. The molecule has 2 N–H and O–H groups in total. The van der Waals surface area contributed by atoms with Crippen molar-refractivity contribution in [1.29, 1.82) is 0 Å². The molecule has 0 saturated heterocycles. The van der Waals surface area contributed by atoms with Crippen LogP contribution in [-0.2, 0) is 0 Å². The van der Waals surface area contributed by atoms with Crippen molar-refractivity contribution in [2.75, 3.05) is 12.8 Å². The molecule has 19 heavy (non-hydrogen) atoms. The van der Waals surface area contributed by atoms with E-state index in [1.807, 2.05) is 6.07 Å². The van der Waals surface area contributed by atoms with Gasteiger partial charge in [-0.2, -0.15) is 0 Å². The van der Waals surface area contributed by atoms with Gasteiger partial charge in [-0.25, -0.2) is 4.39 Å². The van der Waals surface area contributed by atoms with Gasteiger partial charge in [0.2, 0.25) is 0 Å². The van der Waals surface area contributed by atoms with Gasteiger partial charge in [0, 0.05) is 21.5 Å². The van der Waals surface area contributed by atoms with E-state index < -0.39 is 5.82 Å². The van der Waals surface area contributed by atoms with Gasteiger partial charge in [-0.3, -0.25) is 0 Å². The van der Waals surface area contributed by atoms with E-state index in [0.717, 1.165) is 9.79 Å². The van der Waals surface area contributed by atoms with Crippen molar-refractivity contribution >= 4 is 17.4 Å². The molecular formula is C15H16FNOS. The number of hydrogen-bond donors (Lipinski definition) is 1. The first-order valence-corrected chi connectivity index (χ1v) is 6.71. The van der Waals surface area contributed by atoms with Gasteiger partial charge in [0.15, 0.2) is 11.6 Å². The number of hydrogen-bond acceptors (Lipinski definition) is 3. The van der Waals surface area contributed by atoms with Crippen molar-refractivity contribution in [3.63, 3.8) is 0 Å². The fourth-order valence-corrected chi connectivity index (χ4v) is 2.67. The van der Waals surface area contributed by atoms with Crippen LogP contribution >= 0.6 is 11.8 Å². The first-order chi connectivity index (χ1) is 9.01. The normalized spacial score (nSPS) is 10.5. The van der Waals surface area contributed by atoms with Gasteiger partial charge >= 0.3 is 0 Å². The molecule has 0 radical (unpaired) electrons. The topological polar surface area (TPSA) is 35.2 Å². The van der Waals surface area contributed by atoms with E-state index >= 15 is 0 Å². The highest BCUT2D eigenvalue weighted by atomic mass is 32.2. The third-order valence-corrected chi connectivity index (χ3v) is 4.05. The Kier molecular flexibility index (Phi) is 4.00. The smallest absolute Gasteiger partial charge is 0.167 e. The van der Waals surface area contributed by atoms with Gasteiger partial charge in [-0.05, 0) is 43.2 Å². The summed E-state index contributed by atoms with van der Waals surface area (Å²) in [5.41, 5.74) is 8.73. The minimum absolute atomic E-state index is 0.209. The minimum atomic E-state index is -0.440. The van der Waals surface area contributed by atoms with Gasteiger partial charge in [0.05, 0.1) is 7.11 Å². The molecule has 0 aliphatic heterocycles. The van der Waals surface area contributed by atoms with Gasteiger partial charge in [-0.15, -0.1) is 0 Å². The van der Waals surface area contributed by atoms with Crippen molar-refractivity contribution in [2.24, 2.45) is 0 Å². The molecule has 0 fully saturated rings. The summed E-state index contributed by atoms with van der Waals surface area (Å²) in [5, 5.41) is 0. The van der Waals surface area contributed by atoms with E-state index in [-0.39, 0.29) is 5.75 Å². The zero-order valence-corrected chi connectivity index (χ0v) is 12.0. The molecule has 0 heterocycles. The summed E-state index contributed by atoms with van der Waals surface area (Å²) in [5.74, 6) is -0.232. The summed E-state index contributed by atoms with van der Waals surface area (Å²) in [4.78, 5) is 1.87. The lowest BCUT2D eigenvalue weighted by Crippen LogP contribution is -1.94. The predicted molar refractivity (Wildman–Crippen MR) is 77.4 cm³/mol. The second-order valence-corrected chi connectivity index (χ2v) is 5.49. The van der Waals surface area contributed by atoms with Crippen LogP contribution in [0, 0.1) is 19.7 Å². The van der Waals surface area contributed by atoms with Crippen molar-refractivity contribution in [3.05, 3.63) is 47.3 Å². The maximum atomic E-state index is 13.5. The molecule has 0 bridgehead atoms. The number of nitrogens with two attached hydrogens (primary N) is 1. The Labute approximate surface area is 116 Å². The molecule has 2 aromatic carbocycles. The number of rotatable bonds is 3. The van der Waals surface area contributed by atoms with E-state index in [1.165, 1.54) is 36.1 Å². The van der Waals surface area contributed by atoms with Crippen LogP contribution in [0.4, 0.5) is 10.1 Å². The second kappa shape index (κ2) is 5.53. The lowest BCUT2D eigenvalue weighted by atomic mass is 10.1. The quantitative estimate of drug-likeness (QED) is 0.855. The van der Waals surface area contributed by atoms with Gasteiger partial charge < -0.3 is 10.5 Å². The summed E-state index contributed by atoms with van der Waals surface area (Å²) in [6.45, 7) is 4.13. The Hall–Kier alpha value is -1.68. The van der Waals surface area contributed by atoms with Gasteiger partial charge in [-0.1, -0.05) is 17.8 Å². The highest BCUT2D eigenvalue weighted by molar-refractivity contribution is 7.99. The van der Waals surface area contributed by atoms with Gasteiger partial charge in [0.25, 0.3) is 0 Å². The molecule has 2 nitrogen and oxygen atoms in total. The number of aryl methyl sites for hydroxylation is 2. The number of methoxy groups -OCH3 is 1. The van der Waals surface area contributed by atoms with Crippen LogP contribution in [0.1, 0.15) is 11.1 Å².